The van der Waals surface area contributed by atoms with Crippen LogP contribution in [0, 0.1) is 0 Å². The lowest BCUT2D eigenvalue weighted by atomic mass is 10.1. The summed E-state index contributed by atoms with van der Waals surface area (Å²) in [5.74, 6) is -0.267. The third-order valence-corrected chi connectivity index (χ3v) is 3.55. The minimum atomic E-state index is -2.51. The first-order valence-electron chi connectivity index (χ1n) is 6.41. The molecule has 0 fully saturated rings. The Bertz CT molecular complexity index is 634. The minimum Gasteiger partial charge on any atom is -0.375 e. The molecule has 0 spiro atoms. The summed E-state index contributed by atoms with van der Waals surface area (Å²) in [6.45, 7) is -0.668. The van der Waals surface area contributed by atoms with E-state index in [1.165, 1.54) is 0 Å². The van der Waals surface area contributed by atoms with Crippen LogP contribution in [0.3, 0.4) is 0 Å². The number of benzene rings is 2. The predicted octanol–water partition coefficient (Wildman–Crippen LogP) is 4.21. The van der Waals surface area contributed by atoms with Crippen LogP contribution < -0.4 is 5.32 Å². The number of carbonyl (C=O) groups is 1. The molecule has 3 nitrogen and oxygen atoms in total. The maximum atomic E-state index is 11.9. The Balaban J connectivity index is 2.00. The molecule has 0 radical (unpaired) electrons. The van der Waals surface area contributed by atoms with Crippen LogP contribution in [0.2, 0.25) is 0 Å². The van der Waals surface area contributed by atoms with E-state index in [1.54, 1.807) is 6.07 Å². The predicted molar refractivity (Wildman–Crippen MR) is 81.7 cm³/mol. The third-order valence-electron chi connectivity index (χ3n) is 2.86. The molecule has 112 valence electrons. The molecule has 0 bridgehead atoms. The standard InChI is InChI=1S/C15H14BrF2NO2/c16-12-5-6-13(11-4-2-1-3-10(11)12)19-15(20)7-8-21-9-14(17)18/h1-6,14H,7-9H2,(H,19,20). The molecule has 0 saturated heterocycles. The molecule has 2 rings (SSSR count). The number of rotatable bonds is 6. The van der Waals surface area contributed by atoms with Gasteiger partial charge in [0, 0.05) is 15.5 Å². The zero-order valence-corrected chi connectivity index (χ0v) is 12.7. The molecule has 0 aliphatic rings. The van der Waals surface area contributed by atoms with Crippen LogP contribution in [-0.4, -0.2) is 25.5 Å². The van der Waals surface area contributed by atoms with E-state index in [9.17, 15) is 13.6 Å². The molecular formula is C15H14BrF2NO2. The van der Waals surface area contributed by atoms with E-state index in [0.717, 1.165) is 15.2 Å². The van der Waals surface area contributed by atoms with Gasteiger partial charge in [-0.1, -0.05) is 40.2 Å². The van der Waals surface area contributed by atoms with Crippen molar-refractivity contribution in [3.8, 4) is 0 Å². The molecule has 0 saturated carbocycles. The van der Waals surface area contributed by atoms with Crippen LogP contribution in [0.5, 0.6) is 0 Å². The van der Waals surface area contributed by atoms with Crippen molar-refractivity contribution in [1.29, 1.82) is 0 Å². The molecule has 0 aromatic heterocycles. The topological polar surface area (TPSA) is 38.3 Å². The number of anilines is 1. The number of nitrogens with one attached hydrogen (secondary N) is 1. The average Bonchev–Trinajstić information content (AvgIpc) is 2.47. The second kappa shape index (κ2) is 7.47. The number of hydrogen-bond acceptors (Lipinski definition) is 2. The first-order chi connectivity index (χ1) is 10.1. The number of fused-ring (bicyclic) bond motifs is 1. The van der Waals surface area contributed by atoms with Crippen LogP contribution in [0.25, 0.3) is 10.8 Å². The molecule has 1 amide bonds. The van der Waals surface area contributed by atoms with Crippen LogP contribution in [0.15, 0.2) is 40.9 Å². The highest BCUT2D eigenvalue weighted by Gasteiger charge is 2.08. The second-order valence-corrected chi connectivity index (χ2v) is 5.26. The Labute approximate surface area is 129 Å². The van der Waals surface area contributed by atoms with Gasteiger partial charge in [-0.05, 0) is 17.5 Å². The lowest BCUT2D eigenvalue weighted by molar-refractivity contribution is -0.117. The normalized spacial score (nSPS) is 11.0. The SMILES string of the molecule is O=C(CCOCC(F)F)Nc1ccc(Br)c2ccccc12. The van der Waals surface area contributed by atoms with Gasteiger partial charge >= 0.3 is 0 Å². The maximum absolute atomic E-state index is 11.9. The van der Waals surface area contributed by atoms with Crippen LogP contribution in [0.1, 0.15) is 6.42 Å². The van der Waals surface area contributed by atoms with Gasteiger partial charge in [0.2, 0.25) is 5.91 Å². The number of alkyl halides is 2. The van der Waals surface area contributed by atoms with Gasteiger partial charge in [-0.3, -0.25) is 4.79 Å². The van der Waals surface area contributed by atoms with Gasteiger partial charge < -0.3 is 10.1 Å². The van der Waals surface area contributed by atoms with Crippen molar-refractivity contribution >= 4 is 38.3 Å². The molecule has 0 atom stereocenters. The number of ether oxygens (including phenoxy) is 1. The molecule has 1 N–H and O–H groups in total. The van der Waals surface area contributed by atoms with E-state index < -0.39 is 13.0 Å². The highest BCUT2D eigenvalue weighted by atomic mass is 79.9. The summed E-state index contributed by atoms with van der Waals surface area (Å²) in [5.41, 5.74) is 0.688. The molecule has 0 aliphatic heterocycles. The van der Waals surface area contributed by atoms with Crippen molar-refractivity contribution in [3.05, 3.63) is 40.9 Å². The summed E-state index contributed by atoms with van der Waals surface area (Å²) >= 11 is 3.46. The monoisotopic (exact) mass is 357 g/mol. The van der Waals surface area contributed by atoms with E-state index in [1.807, 2.05) is 30.3 Å². The van der Waals surface area contributed by atoms with Crippen LogP contribution in [-0.2, 0) is 9.53 Å². The van der Waals surface area contributed by atoms with Gasteiger partial charge in [-0.15, -0.1) is 0 Å². The largest absolute Gasteiger partial charge is 0.375 e. The Morgan fingerprint density at radius 1 is 1.19 bits per heavy atom. The smallest absolute Gasteiger partial charge is 0.261 e. The van der Waals surface area contributed by atoms with Crippen molar-refractivity contribution in [1.82, 2.24) is 0 Å². The Hall–Kier alpha value is -1.53. The van der Waals surface area contributed by atoms with Crippen molar-refractivity contribution in [3.63, 3.8) is 0 Å². The molecule has 2 aromatic carbocycles. The summed E-state index contributed by atoms with van der Waals surface area (Å²) in [5, 5.41) is 4.67. The summed E-state index contributed by atoms with van der Waals surface area (Å²) in [6, 6.07) is 11.3. The number of halogens is 3. The van der Waals surface area contributed by atoms with Gasteiger partial charge in [0.25, 0.3) is 6.43 Å². The second-order valence-electron chi connectivity index (χ2n) is 4.40. The quantitative estimate of drug-likeness (QED) is 0.786. The van der Waals surface area contributed by atoms with Crippen LogP contribution in [0.4, 0.5) is 14.5 Å². The van der Waals surface area contributed by atoms with E-state index in [2.05, 4.69) is 21.2 Å². The van der Waals surface area contributed by atoms with E-state index in [4.69, 9.17) is 4.74 Å². The Morgan fingerprint density at radius 2 is 1.90 bits per heavy atom. The fourth-order valence-electron chi connectivity index (χ4n) is 1.92. The first kappa shape index (κ1) is 15.9. The molecule has 0 heterocycles. The number of hydrogen-bond donors (Lipinski definition) is 1. The number of amides is 1. The van der Waals surface area contributed by atoms with Gasteiger partial charge in [-0.25, -0.2) is 8.78 Å². The zero-order valence-electron chi connectivity index (χ0n) is 11.1. The fraction of sp³-hybridized carbons (Fsp3) is 0.267. The zero-order chi connectivity index (χ0) is 15.2. The van der Waals surface area contributed by atoms with Crippen molar-refractivity contribution in [2.45, 2.75) is 12.8 Å². The fourth-order valence-corrected chi connectivity index (χ4v) is 2.40. The van der Waals surface area contributed by atoms with Crippen molar-refractivity contribution in [2.24, 2.45) is 0 Å². The molecule has 21 heavy (non-hydrogen) atoms. The molecule has 0 unspecified atom stereocenters. The van der Waals surface area contributed by atoms with Crippen LogP contribution >= 0.6 is 15.9 Å². The number of carbonyl (C=O) groups excluding carboxylic acids is 1. The Morgan fingerprint density at radius 3 is 2.62 bits per heavy atom. The maximum Gasteiger partial charge on any atom is 0.261 e. The lowest BCUT2D eigenvalue weighted by Crippen LogP contribution is -2.15. The molecule has 6 heteroatoms. The summed E-state index contributed by atoms with van der Waals surface area (Å²) in [6.07, 6.45) is -2.47. The van der Waals surface area contributed by atoms with Gasteiger partial charge in [0.15, 0.2) is 0 Å². The lowest BCUT2D eigenvalue weighted by Gasteiger charge is -2.10. The highest BCUT2D eigenvalue weighted by molar-refractivity contribution is 9.10. The highest BCUT2D eigenvalue weighted by Crippen LogP contribution is 2.29. The molecular weight excluding hydrogens is 344 g/mol. The third kappa shape index (κ3) is 4.47. The van der Waals surface area contributed by atoms with Gasteiger partial charge in [0.1, 0.15) is 6.61 Å². The summed E-state index contributed by atoms with van der Waals surface area (Å²) in [7, 11) is 0. The van der Waals surface area contributed by atoms with Crippen molar-refractivity contribution < 1.29 is 18.3 Å². The van der Waals surface area contributed by atoms with Crippen molar-refractivity contribution in [2.75, 3.05) is 18.5 Å². The minimum absolute atomic E-state index is 0.0232. The van der Waals surface area contributed by atoms with E-state index in [-0.39, 0.29) is 18.9 Å². The average molecular weight is 358 g/mol. The van der Waals surface area contributed by atoms with E-state index in [0.29, 0.717) is 5.69 Å². The Kier molecular flexibility index (Phi) is 5.64. The molecule has 0 aliphatic carbocycles. The molecule has 2 aromatic rings. The first-order valence-corrected chi connectivity index (χ1v) is 7.20. The van der Waals surface area contributed by atoms with Gasteiger partial charge in [-0.2, -0.15) is 0 Å². The summed E-state index contributed by atoms with van der Waals surface area (Å²) in [4.78, 5) is 11.8. The van der Waals surface area contributed by atoms with Gasteiger partial charge in [0.05, 0.1) is 13.0 Å². The van der Waals surface area contributed by atoms with E-state index >= 15 is 0 Å². The summed E-state index contributed by atoms with van der Waals surface area (Å²) < 4.78 is 29.4.